The number of hydrogen-bond donors (Lipinski definition) is 1. The van der Waals surface area contributed by atoms with Crippen molar-refractivity contribution in [1.29, 1.82) is 0 Å². The molecule has 1 heterocycles. The van der Waals surface area contributed by atoms with Crippen LogP contribution in [0.15, 0.2) is 36.4 Å². The number of aryl methyl sites for hydroxylation is 1. The highest BCUT2D eigenvalue weighted by atomic mass is 35.5. The van der Waals surface area contributed by atoms with Gasteiger partial charge in [-0.3, -0.25) is 9.59 Å². The van der Waals surface area contributed by atoms with Crippen molar-refractivity contribution in [3.8, 4) is 0 Å². The molecule has 146 valence electrons. The van der Waals surface area contributed by atoms with E-state index in [1.807, 2.05) is 0 Å². The Morgan fingerprint density at radius 2 is 2.04 bits per heavy atom. The molecule has 0 saturated carbocycles. The van der Waals surface area contributed by atoms with Crippen LogP contribution in [0.1, 0.15) is 28.8 Å². The summed E-state index contributed by atoms with van der Waals surface area (Å²) < 4.78 is 18.5. The summed E-state index contributed by atoms with van der Waals surface area (Å²) in [6.07, 6.45) is 1.16. The molecular weight excluding hydrogens is 387 g/mol. The van der Waals surface area contributed by atoms with Gasteiger partial charge in [-0.05, 0) is 49.2 Å². The van der Waals surface area contributed by atoms with Gasteiger partial charge in [0.05, 0.1) is 16.3 Å². The molecule has 8 heteroatoms. The number of benzene rings is 2. The zero-order chi connectivity index (χ0) is 20.3. The lowest BCUT2D eigenvalue weighted by atomic mass is 10.2. The predicted octanol–water partition coefficient (Wildman–Crippen LogP) is 3.71. The van der Waals surface area contributed by atoms with Crippen LogP contribution in [0.3, 0.4) is 0 Å². The van der Waals surface area contributed by atoms with E-state index in [1.165, 1.54) is 35.2 Å². The topological polar surface area (TPSA) is 75.7 Å². The van der Waals surface area contributed by atoms with Crippen LogP contribution in [-0.2, 0) is 14.3 Å². The molecule has 0 spiro atoms. The first-order valence-corrected chi connectivity index (χ1v) is 9.06. The molecule has 6 nitrogen and oxygen atoms in total. The molecule has 2 aromatic carbocycles. The van der Waals surface area contributed by atoms with Gasteiger partial charge >= 0.3 is 5.97 Å². The van der Waals surface area contributed by atoms with E-state index in [4.69, 9.17) is 16.3 Å². The molecule has 1 saturated heterocycles. The van der Waals surface area contributed by atoms with Crippen LogP contribution in [-0.4, -0.2) is 30.9 Å². The number of amides is 2. The van der Waals surface area contributed by atoms with Crippen molar-refractivity contribution < 1.29 is 23.5 Å². The Morgan fingerprint density at radius 3 is 2.71 bits per heavy atom. The molecule has 0 aromatic heterocycles. The Morgan fingerprint density at radius 1 is 1.25 bits per heavy atom. The minimum absolute atomic E-state index is 0.0582. The van der Waals surface area contributed by atoms with Crippen LogP contribution in [0.5, 0.6) is 0 Å². The summed E-state index contributed by atoms with van der Waals surface area (Å²) >= 11 is 6.15. The van der Waals surface area contributed by atoms with Gasteiger partial charge < -0.3 is 15.0 Å². The standard InChI is InChI=1S/C20H18ClFN2O4/c1-12-4-6-14(10-16(12)22)23-18(25)11-28-20(27)13-5-7-15(21)17(9-13)24-8-2-3-19(24)26/h4-7,9-10H,2-3,8,11H2,1H3,(H,23,25). The Kier molecular flexibility index (Phi) is 5.94. The molecule has 0 atom stereocenters. The minimum Gasteiger partial charge on any atom is -0.452 e. The maximum absolute atomic E-state index is 13.5. The first-order chi connectivity index (χ1) is 13.3. The quantitative estimate of drug-likeness (QED) is 0.771. The van der Waals surface area contributed by atoms with Crippen molar-refractivity contribution in [3.63, 3.8) is 0 Å². The number of hydrogen-bond acceptors (Lipinski definition) is 4. The molecule has 3 rings (SSSR count). The SMILES string of the molecule is Cc1ccc(NC(=O)COC(=O)c2ccc(Cl)c(N3CCCC3=O)c2)cc1F. The van der Waals surface area contributed by atoms with Gasteiger partial charge in [-0.1, -0.05) is 17.7 Å². The number of esters is 1. The van der Waals surface area contributed by atoms with Gasteiger partial charge in [0.15, 0.2) is 6.61 Å². The van der Waals surface area contributed by atoms with Crippen LogP contribution in [0.2, 0.25) is 5.02 Å². The number of nitrogens with one attached hydrogen (secondary N) is 1. The molecule has 0 bridgehead atoms. The number of halogens is 2. The van der Waals surface area contributed by atoms with E-state index in [0.29, 0.717) is 29.2 Å². The molecular formula is C20H18ClFN2O4. The van der Waals surface area contributed by atoms with E-state index in [9.17, 15) is 18.8 Å². The number of anilines is 2. The van der Waals surface area contributed by atoms with Crippen molar-refractivity contribution in [2.75, 3.05) is 23.4 Å². The number of rotatable bonds is 5. The molecule has 1 N–H and O–H groups in total. The maximum atomic E-state index is 13.5. The molecule has 2 amide bonds. The summed E-state index contributed by atoms with van der Waals surface area (Å²) in [4.78, 5) is 37.6. The van der Waals surface area contributed by atoms with Gasteiger partial charge in [0, 0.05) is 18.7 Å². The molecule has 28 heavy (non-hydrogen) atoms. The summed E-state index contributed by atoms with van der Waals surface area (Å²) in [6, 6.07) is 8.72. The first kappa shape index (κ1) is 19.8. The van der Waals surface area contributed by atoms with E-state index in [0.717, 1.165) is 6.42 Å². The van der Waals surface area contributed by atoms with Gasteiger partial charge in [0.2, 0.25) is 5.91 Å². The second-order valence-corrected chi connectivity index (χ2v) is 6.81. The van der Waals surface area contributed by atoms with E-state index in [-0.39, 0.29) is 17.2 Å². The molecule has 1 aliphatic heterocycles. The third-order valence-corrected chi connectivity index (χ3v) is 4.66. The fourth-order valence-electron chi connectivity index (χ4n) is 2.83. The normalized spacial score (nSPS) is 13.5. The van der Waals surface area contributed by atoms with Crippen LogP contribution in [0.4, 0.5) is 15.8 Å². The van der Waals surface area contributed by atoms with Crippen molar-refractivity contribution in [2.24, 2.45) is 0 Å². The van der Waals surface area contributed by atoms with Gasteiger partial charge in [-0.2, -0.15) is 0 Å². The minimum atomic E-state index is -0.727. The second kappa shape index (κ2) is 8.39. The van der Waals surface area contributed by atoms with Crippen LogP contribution >= 0.6 is 11.6 Å². The van der Waals surface area contributed by atoms with Gasteiger partial charge in [0.1, 0.15) is 5.82 Å². The zero-order valence-corrected chi connectivity index (χ0v) is 15.9. The van der Waals surface area contributed by atoms with Crippen molar-refractivity contribution in [3.05, 3.63) is 58.4 Å². The second-order valence-electron chi connectivity index (χ2n) is 6.40. The van der Waals surface area contributed by atoms with E-state index in [1.54, 1.807) is 13.0 Å². The van der Waals surface area contributed by atoms with Gasteiger partial charge in [-0.15, -0.1) is 0 Å². The molecule has 0 radical (unpaired) electrons. The van der Waals surface area contributed by atoms with E-state index in [2.05, 4.69) is 5.32 Å². The average Bonchev–Trinajstić information content (AvgIpc) is 3.09. The number of nitrogens with zero attached hydrogens (tertiary/aromatic N) is 1. The van der Waals surface area contributed by atoms with Gasteiger partial charge in [-0.25, -0.2) is 9.18 Å². The third-order valence-electron chi connectivity index (χ3n) is 4.34. The van der Waals surface area contributed by atoms with E-state index >= 15 is 0 Å². The highest BCUT2D eigenvalue weighted by Crippen LogP contribution is 2.30. The van der Waals surface area contributed by atoms with Crippen LogP contribution in [0.25, 0.3) is 0 Å². The lowest BCUT2D eigenvalue weighted by Gasteiger charge is -2.18. The largest absolute Gasteiger partial charge is 0.452 e. The smallest absolute Gasteiger partial charge is 0.338 e. The van der Waals surface area contributed by atoms with Gasteiger partial charge in [0.25, 0.3) is 5.91 Å². The fourth-order valence-corrected chi connectivity index (χ4v) is 3.05. The highest BCUT2D eigenvalue weighted by molar-refractivity contribution is 6.34. The summed E-state index contributed by atoms with van der Waals surface area (Å²) in [7, 11) is 0. The Hall–Kier alpha value is -2.93. The van der Waals surface area contributed by atoms with Crippen molar-refractivity contribution in [2.45, 2.75) is 19.8 Å². The molecule has 1 fully saturated rings. The first-order valence-electron chi connectivity index (χ1n) is 8.68. The summed E-state index contributed by atoms with van der Waals surface area (Å²) in [5, 5.41) is 2.81. The fraction of sp³-hybridized carbons (Fsp3) is 0.250. The molecule has 2 aromatic rings. The zero-order valence-electron chi connectivity index (χ0n) is 15.1. The average molecular weight is 405 g/mol. The number of ether oxygens (including phenoxy) is 1. The highest BCUT2D eigenvalue weighted by Gasteiger charge is 2.24. The van der Waals surface area contributed by atoms with Crippen LogP contribution < -0.4 is 10.2 Å². The number of carbonyl (C=O) groups excluding carboxylic acids is 3. The molecule has 0 aliphatic carbocycles. The van der Waals surface area contributed by atoms with E-state index < -0.39 is 24.3 Å². The van der Waals surface area contributed by atoms with Crippen molar-refractivity contribution in [1.82, 2.24) is 0 Å². The summed E-state index contributed by atoms with van der Waals surface area (Å²) in [5.74, 6) is -1.83. The summed E-state index contributed by atoms with van der Waals surface area (Å²) in [5.41, 5.74) is 1.34. The van der Waals surface area contributed by atoms with Crippen LogP contribution in [0, 0.1) is 12.7 Å². The molecule has 1 aliphatic rings. The Bertz CT molecular complexity index is 948. The Balaban J connectivity index is 1.62. The Labute approximate surface area is 166 Å². The third kappa shape index (κ3) is 4.48. The predicted molar refractivity (Wildman–Crippen MR) is 103 cm³/mol. The lowest BCUT2D eigenvalue weighted by Crippen LogP contribution is -2.24. The maximum Gasteiger partial charge on any atom is 0.338 e. The summed E-state index contributed by atoms with van der Waals surface area (Å²) in [6.45, 7) is 1.61. The number of carbonyl (C=O) groups is 3. The monoisotopic (exact) mass is 404 g/mol. The lowest BCUT2D eigenvalue weighted by molar-refractivity contribution is -0.119. The van der Waals surface area contributed by atoms with Crippen molar-refractivity contribution >= 4 is 40.8 Å². The molecule has 0 unspecified atom stereocenters.